The molecule has 92 valence electrons. The number of nitrogens with zero attached hydrogens (tertiary/aromatic N) is 1. The van der Waals surface area contributed by atoms with Crippen LogP contribution in [0.3, 0.4) is 0 Å². The Kier molecular flexibility index (Phi) is 6.11. The van der Waals surface area contributed by atoms with Crippen molar-refractivity contribution in [3.05, 3.63) is 12.2 Å². The lowest BCUT2D eigenvalue weighted by molar-refractivity contribution is -0.137. The van der Waals surface area contributed by atoms with E-state index in [0.717, 1.165) is 19.6 Å². The van der Waals surface area contributed by atoms with Crippen LogP contribution in [0.2, 0.25) is 0 Å². The summed E-state index contributed by atoms with van der Waals surface area (Å²) in [5, 5.41) is 3.30. The molecule has 0 aromatic rings. The van der Waals surface area contributed by atoms with Crippen LogP contribution in [-0.4, -0.2) is 50.2 Å². The van der Waals surface area contributed by atoms with Crippen molar-refractivity contribution in [2.24, 2.45) is 0 Å². The number of carbonyl (C=O) groups is 1. The Morgan fingerprint density at radius 2 is 2.44 bits per heavy atom. The van der Waals surface area contributed by atoms with Gasteiger partial charge in [-0.2, -0.15) is 0 Å². The van der Waals surface area contributed by atoms with E-state index in [9.17, 15) is 4.79 Å². The predicted molar refractivity (Wildman–Crippen MR) is 64.3 cm³/mol. The molecule has 0 amide bonds. The number of piperidine rings is 1. The summed E-state index contributed by atoms with van der Waals surface area (Å²) >= 11 is 0. The number of rotatable bonds is 5. The zero-order valence-corrected chi connectivity index (χ0v) is 10.2. The topological polar surface area (TPSA) is 41.6 Å². The third-order valence-electron chi connectivity index (χ3n) is 2.82. The van der Waals surface area contributed by atoms with Crippen LogP contribution in [0.5, 0.6) is 0 Å². The highest BCUT2D eigenvalue weighted by molar-refractivity contribution is 5.81. The quantitative estimate of drug-likeness (QED) is 0.556. The van der Waals surface area contributed by atoms with Crippen LogP contribution >= 0.6 is 0 Å². The van der Waals surface area contributed by atoms with Crippen molar-refractivity contribution < 1.29 is 9.53 Å². The van der Waals surface area contributed by atoms with Gasteiger partial charge in [-0.1, -0.05) is 6.08 Å². The molecule has 0 aliphatic carbocycles. The first kappa shape index (κ1) is 13.2. The summed E-state index contributed by atoms with van der Waals surface area (Å²) in [7, 11) is 2.00. The molecule has 0 aromatic heterocycles. The van der Waals surface area contributed by atoms with Gasteiger partial charge in [0.15, 0.2) is 0 Å². The maximum atomic E-state index is 11.1. The summed E-state index contributed by atoms with van der Waals surface area (Å²) in [4.78, 5) is 13.4. The van der Waals surface area contributed by atoms with E-state index in [-0.39, 0.29) is 5.97 Å². The Morgan fingerprint density at radius 1 is 1.62 bits per heavy atom. The number of likely N-dealkylation sites (N-methyl/N-ethyl adjacent to an activating group) is 1. The number of ether oxygens (including phenoxy) is 1. The Bertz CT molecular complexity index is 241. The van der Waals surface area contributed by atoms with Gasteiger partial charge >= 0.3 is 5.97 Å². The first-order valence-electron chi connectivity index (χ1n) is 5.99. The molecule has 1 saturated heterocycles. The number of hydrogen-bond acceptors (Lipinski definition) is 4. The summed E-state index contributed by atoms with van der Waals surface area (Å²) < 4.78 is 4.82. The van der Waals surface area contributed by atoms with Crippen molar-refractivity contribution in [2.75, 3.05) is 33.3 Å². The molecule has 1 heterocycles. The van der Waals surface area contributed by atoms with Crippen LogP contribution in [0, 0.1) is 0 Å². The van der Waals surface area contributed by atoms with E-state index in [1.54, 1.807) is 0 Å². The summed E-state index contributed by atoms with van der Waals surface area (Å²) in [5.41, 5.74) is 0. The van der Waals surface area contributed by atoms with E-state index >= 15 is 0 Å². The molecule has 1 unspecified atom stereocenters. The van der Waals surface area contributed by atoms with Crippen molar-refractivity contribution >= 4 is 5.97 Å². The fourth-order valence-corrected chi connectivity index (χ4v) is 1.95. The van der Waals surface area contributed by atoms with Gasteiger partial charge in [-0.3, -0.25) is 4.90 Å². The minimum absolute atomic E-state index is 0.246. The molecule has 0 spiro atoms. The SMILES string of the molecule is CCOC(=O)/C=C/CN1CCCC(NC)C1. The standard InChI is InChI=1S/C12H22N2O2/c1-3-16-12(15)7-5-9-14-8-4-6-11(10-14)13-2/h5,7,11,13H,3-4,6,8-10H2,1-2H3/b7-5+. The Balaban J connectivity index is 2.23. The van der Waals surface area contributed by atoms with Crippen LogP contribution < -0.4 is 5.32 Å². The van der Waals surface area contributed by atoms with E-state index in [0.29, 0.717) is 12.6 Å². The van der Waals surface area contributed by atoms with E-state index in [1.165, 1.54) is 18.9 Å². The lowest BCUT2D eigenvalue weighted by atomic mass is 10.1. The minimum atomic E-state index is -0.246. The molecule has 1 fully saturated rings. The molecule has 0 aromatic carbocycles. The fraction of sp³-hybridized carbons (Fsp3) is 0.750. The van der Waals surface area contributed by atoms with Crippen LogP contribution in [-0.2, 0) is 9.53 Å². The molecule has 1 aliphatic heterocycles. The summed E-state index contributed by atoms with van der Waals surface area (Å²) in [6.45, 7) is 5.26. The van der Waals surface area contributed by atoms with E-state index in [4.69, 9.17) is 4.74 Å². The van der Waals surface area contributed by atoms with Crippen molar-refractivity contribution in [2.45, 2.75) is 25.8 Å². The van der Waals surface area contributed by atoms with Gasteiger partial charge in [0.2, 0.25) is 0 Å². The van der Waals surface area contributed by atoms with Crippen LogP contribution in [0.15, 0.2) is 12.2 Å². The molecule has 0 bridgehead atoms. The summed E-state index contributed by atoms with van der Waals surface area (Å²) in [6, 6.07) is 0.588. The van der Waals surface area contributed by atoms with Gasteiger partial charge in [0.25, 0.3) is 0 Å². The molecule has 16 heavy (non-hydrogen) atoms. The molecular formula is C12H22N2O2. The number of nitrogens with one attached hydrogen (secondary N) is 1. The first-order valence-corrected chi connectivity index (χ1v) is 5.99. The van der Waals surface area contributed by atoms with Gasteiger partial charge in [-0.15, -0.1) is 0 Å². The Hall–Kier alpha value is -0.870. The fourth-order valence-electron chi connectivity index (χ4n) is 1.95. The van der Waals surface area contributed by atoms with Gasteiger partial charge in [0, 0.05) is 25.2 Å². The van der Waals surface area contributed by atoms with Crippen molar-refractivity contribution in [1.29, 1.82) is 0 Å². The smallest absolute Gasteiger partial charge is 0.330 e. The molecule has 1 aliphatic rings. The van der Waals surface area contributed by atoms with Crippen molar-refractivity contribution in [3.63, 3.8) is 0 Å². The zero-order valence-electron chi connectivity index (χ0n) is 10.2. The van der Waals surface area contributed by atoms with Crippen molar-refractivity contribution in [1.82, 2.24) is 10.2 Å². The normalized spacial score (nSPS) is 22.5. The molecule has 4 nitrogen and oxygen atoms in total. The van der Waals surface area contributed by atoms with Gasteiger partial charge in [-0.25, -0.2) is 4.79 Å². The van der Waals surface area contributed by atoms with Crippen LogP contribution in [0.1, 0.15) is 19.8 Å². The summed E-state index contributed by atoms with van der Waals surface area (Å²) in [6.07, 6.45) is 5.87. The number of hydrogen-bond donors (Lipinski definition) is 1. The number of likely N-dealkylation sites (tertiary alicyclic amines) is 1. The van der Waals surface area contributed by atoms with Gasteiger partial charge in [0.05, 0.1) is 6.61 Å². The van der Waals surface area contributed by atoms with E-state index in [2.05, 4.69) is 10.2 Å². The molecule has 1 rings (SSSR count). The third-order valence-corrected chi connectivity index (χ3v) is 2.82. The molecular weight excluding hydrogens is 204 g/mol. The predicted octanol–water partition coefficient (Wildman–Crippen LogP) is 0.790. The molecule has 4 heteroatoms. The first-order chi connectivity index (χ1) is 7.76. The van der Waals surface area contributed by atoms with Gasteiger partial charge in [0.1, 0.15) is 0 Å². The molecule has 1 N–H and O–H groups in total. The van der Waals surface area contributed by atoms with E-state index in [1.807, 2.05) is 20.0 Å². The average Bonchev–Trinajstić information content (AvgIpc) is 2.30. The van der Waals surface area contributed by atoms with Crippen molar-refractivity contribution in [3.8, 4) is 0 Å². The lowest BCUT2D eigenvalue weighted by Gasteiger charge is -2.31. The maximum absolute atomic E-state index is 11.1. The highest BCUT2D eigenvalue weighted by atomic mass is 16.5. The highest BCUT2D eigenvalue weighted by Gasteiger charge is 2.16. The lowest BCUT2D eigenvalue weighted by Crippen LogP contribution is -2.44. The van der Waals surface area contributed by atoms with Crippen LogP contribution in [0.4, 0.5) is 0 Å². The molecule has 0 radical (unpaired) electrons. The number of esters is 1. The van der Waals surface area contributed by atoms with E-state index < -0.39 is 0 Å². The Labute approximate surface area is 97.6 Å². The monoisotopic (exact) mass is 226 g/mol. The van der Waals surface area contributed by atoms with Crippen LogP contribution in [0.25, 0.3) is 0 Å². The average molecular weight is 226 g/mol. The Morgan fingerprint density at radius 3 is 3.12 bits per heavy atom. The highest BCUT2D eigenvalue weighted by Crippen LogP contribution is 2.09. The maximum Gasteiger partial charge on any atom is 0.330 e. The molecule has 1 atom stereocenters. The summed E-state index contributed by atoms with van der Waals surface area (Å²) in [5.74, 6) is -0.246. The third kappa shape index (κ3) is 4.77. The van der Waals surface area contributed by atoms with Gasteiger partial charge < -0.3 is 10.1 Å². The van der Waals surface area contributed by atoms with Gasteiger partial charge in [-0.05, 0) is 33.4 Å². The molecule has 0 saturated carbocycles. The second-order valence-corrected chi connectivity index (χ2v) is 4.04. The zero-order chi connectivity index (χ0) is 11.8. The second kappa shape index (κ2) is 7.41. The largest absolute Gasteiger partial charge is 0.463 e. The number of carbonyl (C=O) groups excluding carboxylic acids is 1. The minimum Gasteiger partial charge on any atom is -0.463 e. The second-order valence-electron chi connectivity index (χ2n) is 4.04.